The number of carbonyl (C=O) groups is 1. The number of halogens is 2. The van der Waals surface area contributed by atoms with Gasteiger partial charge in [-0.05, 0) is 57.0 Å². The second-order valence-corrected chi connectivity index (χ2v) is 11.2. The first-order valence-corrected chi connectivity index (χ1v) is 14.0. The summed E-state index contributed by atoms with van der Waals surface area (Å²) in [6, 6.07) is 10.3. The summed E-state index contributed by atoms with van der Waals surface area (Å²) in [5.74, 6) is 0.415. The van der Waals surface area contributed by atoms with Crippen molar-refractivity contribution in [3.63, 3.8) is 0 Å². The molecule has 39 heavy (non-hydrogen) atoms. The normalized spacial score (nSPS) is 23.4. The lowest BCUT2D eigenvalue weighted by Gasteiger charge is -2.32. The molecule has 1 saturated carbocycles. The van der Waals surface area contributed by atoms with Crippen molar-refractivity contribution in [1.29, 1.82) is 0 Å². The summed E-state index contributed by atoms with van der Waals surface area (Å²) in [5.41, 5.74) is 2.45. The molecule has 10 heteroatoms. The van der Waals surface area contributed by atoms with E-state index in [9.17, 15) is 14.3 Å². The fourth-order valence-corrected chi connectivity index (χ4v) is 5.76. The average Bonchev–Trinajstić information content (AvgIpc) is 3.61. The number of benzene rings is 1. The van der Waals surface area contributed by atoms with Gasteiger partial charge in [-0.1, -0.05) is 23.7 Å². The Kier molecular flexibility index (Phi) is 7.55. The summed E-state index contributed by atoms with van der Waals surface area (Å²) in [6.45, 7) is 4.17. The topological polar surface area (TPSA) is 89.7 Å². The van der Waals surface area contributed by atoms with Crippen molar-refractivity contribution < 1.29 is 23.8 Å². The summed E-state index contributed by atoms with van der Waals surface area (Å²) >= 11 is 5.84. The van der Waals surface area contributed by atoms with Gasteiger partial charge < -0.3 is 19.1 Å². The van der Waals surface area contributed by atoms with E-state index in [4.69, 9.17) is 31.0 Å². The zero-order valence-electron chi connectivity index (χ0n) is 21.6. The van der Waals surface area contributed by atoms with E-state index in [0.29, 0.717) is 28.8 Å². The number of carboxylic acid groups (broad SMARTS) is 1. The van der Waals surface area contributed by atoms with Crippen molar-refractivity contribution in [2.75, 3.05) is 19.7 Å². The van der Waals surface area contributed by atoms with Crippen molar-refractivity contribution in [2.45, 2.75) is 63.3 Å². The molecule has 0 spiro atoms. The van der Waals surface area contributed by atoms with Crippen LogP contribution in [0.5, 0.6) is 5.88 Å². The number of aromatic nitrogens is 3. The van der Waals surface area contributed by atoms with Gasteiger partial charge in [0.25, 0.3) is 0 Å². The maximum Gasteiger partial charge on any atom is 0.307 e. The Bertz CT molecular complexity index is 1340. The smallest absolute Gasteiger partial charge is 0.307 e. The van der Waals surface area contributed by atoms with E-state index in [1.54, 1.807) is 18.2 Å². The summed E-state index contributed by atoms with van der Waals surface area (Å²) in [5, 5.41) is 9.78. The zero-order valence-corrected chi connectivity index (χ0v) is 22.4. The number of likely N-dealkylation sites (tertiary alicyclic amines) is 1. The van der Waals surface area contributed by atoms with Crippen molar-refractivity contribution in [3.05, 3.63) is 76.2 Å². The van der Waals surface area contributed by atoms with E-state index in [-0.39, 0.29) is 24.5 Å². The van der Waals surface area contributed by atoms with Crippen LogP contribution in [0, 0.1) is 11.7 Å². The largest absolute Gasteiger partial charge is 0.481 e. The van der Waals surface area contributed by atoms with Gasteiger partial charge in [0.15, 0.2) is 0 Å². The predicted octanol–water partition coefficient (Wildman–Crippen LogP) is 5.01. The Hall–Kier alpha value is -3.01. The summed E-state index contributed by atoms with van der Waals surface area (Å²) in [7, 11) is 0. The monoisotopic (exact) mass is 554 g/mol. The highest BCUT2D eigenvalue weighted by Gasteiger charge is 2.46. The lowest BCUT2D eigenvalue weighted by molar-refractivity contribution is -0.138. The van der Waals surface area contributed by atoms with Gasteiger partial charge in [0.1, 0.15) is 18.2 Å². The number of nitrogens with zero attached hydrogens (tertiary/aromatic N) is 4. The second kappa shape index (κ2) is 11.2. The molecule has 3 aromatic rings. The third-order valence-electron chi connectivity index (χ3n) is 8.14. The molecule has 0 radical (unpaired) electrons. The van der Waals surface area contributed by atoms with Gasteiger partial charge in [-0.15, -0.1) is 0 Å². The number of imidazole rings is 1. The number of carboxylic acids is 1. The van der Waals surface area contributed by atoms with Crippen LogP contribution >= 0.6 is 11.6 Å². The molecule has 3 atom stereocenters. The number of aliphatic carboxylic acids is 1. The van der Waals surface area contributed by atoms with Crippen LogP contribution < -0.4 is 4.74 Å². The maximum absolute atomic E-state index is 14.1. The lowest BCUT2D eigenvalue weighted by Crippen LogP contribution is -2.35. The van der Waals surface area contributed by atoms with Crippen molar-refractivity contribution in [1.82, 2.24) is 19.4 Å². The van der Waals surface area contributed by atoms with Gasteiger partial charge >= 0.3 is 5.97 Å². The molecule has 2 aliphatic heterocycles. The van der Waals surface area contributed by atoms with Crippen LogP contribution in [0.4, 0.5) is 4.39 Å². The number of hydrogen-bond acceptors (Lipinski definition) is 6. The molecule has 2 aromatic heterocycles. The van der Waals surface area contributed by atoms with E-state index in [1.807, 2.05) is 18.3 Å². The minimum Gasteiger partial charge on any atom is -0.481 e. The van der Waals surface area contributed by atoms with E-state index in [1.165, 1.54) is 6.07 Å². The third kappa shape index (κ3) is 5.95. The molecule has 4 heterocycles. The fraction of sp³-hybridized carbons (Fsp3) is 0.483. The zero-order chi connectivity index (χ0) is 26.9. The van der Waals surface area contributed by atoms with Crippen molar-refractivity contribution in [2.24, 2.45) is 5.92 Å². The van der Waals surface area contributed by atoms with Crippen LogP contribution in [0.15, 0.2) is 42.6 Å². The molecule has 1 N–H and O–H groups in total. The number of hydrogen-bond donors (Lipinski definition) is 1. The van der Waals surface area contributed by atoms with Crippen LogP contribution in [0.25, 0.3) is 0 Å². The maximum atomic E-state index is 14.1. The first-order valence-electron chi connectivity index (χ1n) is 13.6. The molecule has 0 amide bonds. The van der Waals surface area contributed by atoms with Crippen LogP contribution in [-0.2, 0) is 29.2 Å². The molecule has 0 bridgehead atoms. The Balaban J connectivity index is 1.06. The average molecular weight is 555 g/mol. The summed E-state index contributed by atoms with van der Waals surface area (Å²) in [6.07, 6.45) is 5.69. The first-order chi connectivity index (χ1) is 18.9. The minimum atomic E-state index is -0.725. The Labute approximate surface area is 231 Å². The van der Waals surface area contributed by atoms with E-state index in [0.717, 1.165) is 69.3 Å². The summed E-state index contributed by atoms with van der Waals surface area (Å²) < 4.78 is 27.8. The standard InChI is InChI=1S/C29H32ClFN4O4/c30-20-5-4-19(24(31)12-20)17-39-28-3-1-2-25(33-28)18-6-9-34(10-7-18)16-27-32-14-26(22-13-23(22)29(36)37)35(27)15-21-8-11-38-21/h1-5,12,14,18,21-23H,6-11,13,15-17H2,(H,36,37). The fourth-order valence-electron chi connectivity index (χ4n) is 5.60. The van der Waals surface area contributed by atoms with Crippen LogP contribution in [-0.4, -0.2) is 56.3 Å². The molecular formula is C29H32ClFN4O4. The predicted molar refractivity (Wildman–Crippen MR) is 142 cm³/mol. The molecule has 3 aliphatic rings. The molecule has 3 unspecified atom stereocenters. The van der Waals surface area contributed by atoms with Gasteiger partial charge in [-0.2, -0.15) is 0 Å². The lowest BCUT2D eigenvalue weighted by atomic mass is 9.93. The summed E-state index contributed by atoms with van der Waals surface area (Å²) in [4.78, 5) is 23.3. The molecule has 8 nitrogen and oxygen atoms in total. The number of rotatable bonds is 10. The Morgan fingerprint density at radius 2 is 2.03 bits per heavy atom. The van der Waals surface area contributed by atoms with E-state index >= 15 is 0 Å². The van der Waals surface area contributed by atoms with Gasteiger partial charge in [0.05, 0.1) is 25.1 Å². The molecular weight excluding hydrogens is 523 g/mol. The highest BCUT2D eigenvalue weighted by molar-refractivity contribution is 6.30. The van der Waals surface area contributed by atoms with Crippen molar-refractivity contribution >= 4 is 17.6 Å². The van der Waals surface area contributed by atoms with Gasteiger partial charge in [-0.3, -0.25) is 9.69 Å². The number of pyridine rings is 1. The van der Waals surface area contributed by atoms with Gasteiger partial charge in [0.2, 0.25) is 5.88 Å². The van der Waals surface area contributed by atoms with Crippen LogP contribution in [0.3, 0.4) is 0 Å². The quantitative estimate of drug-likeness (QED) is 0.377. The van der Waals surface area contributed by atoms with E-state index in [2.05, 4.69) is 9.47 Å². The Morgan fingerprint density at radius 3 is 2.72 bits per heavy atom. The minimum absolute atomic E-state index is 0.0475. The van der Waals surface area contributed by atoms with Crippen LogP contribution in [0.2, 0.25) is 5.02 Å². The van der Waals surface area contributed by atoms with Gasteiger partial charge in [-0.25, -0.2) is 14.4 Å². The SMILES string of the molecule is O=C(O)C1CC1c1cnc(CN2CCC(c3cccc(OCc4ccc(Cl)cc4F)n3)CC2)n1CC1CCO1. The second-order valence-electron chi connectivity index (χ2n) is 10.8. The third-order valence-corrected chi connectivity index (χ3v) is 8.38. The number of ether oxygens (including phenoxy) is 2. The van der Waals surface area contributed by atoms with Crippen LogP contribution in [0.1, 0.15) is 60.3 Å². The highest BCUT2D eigenvalue weighted by Crippen LogP contribution is 2.48. The Morgan fingerprint density at radius 1 is 1.21 bits per heavy atom. The molecule has 1 aliphatic carbocycles. The molecule has 2 saturated heterocycles. The first kappa shape index (κ1) is 26.2. The molecule has 1 aromatic carbocycles. The highest BCUT2D eigenvalue weighted by atomic mass is 35.5. The molecule has 6 rings (SSSR count). The van der Waals surface area contributed by atoms with E-state index < -0.39 is 11.8 Å². The molecule has 3 fully saturated rings. The van der Waals surface area contributed by atoms with Crippen molar-refractivity contribution in [3.8, 4) is 5.88 Å². The van der Waals surface area contributed by atoms with Gasteiger partial charge in [0, 0.05) is 52.7 Å². The number of piperidine rings is 1. The molecule has 206 valence electrons.